The summed E-state index contributed by atoms with van der Waals surface area (Å²) in [6.07, 6.45) is 1.58. The number of rotatable bonds is 7. The van der Waals surface area contributed by atoms with Crippen molar-refractivity contribution >= 4 is 16.0 Å². The van der Waals surface area contributed by atoms with Gasteiger partial charge in [-0.2, -0.15) is 4.72 Å². The predicted molar refractivity (Wildman–Crippen MR) is 72.4 cm³/mol. The molecule has 0 amide bonds. The predicted octanol–water partition coefficient (Wildman–Crippen LogP) is 2.06. The van der Waals surface area contributed by atoms with Crippen LogP contribution in [0.5, 0.6) is 0 Å². The molecule has 0 spiro atoms. The number of aliphatic carboxylic acids is 1. The normalized spacial score (nSPS) is 13.2. The van der Waals surface area contributed by atoms with Gasteiger partial charge in [-0.15, -0.1) is 0 Å². The van der Waals surface area contributed by atoms with E-state index in [1.807, 2.05) is 6.92 Å². The Morgan fingerprint density at radius 2 is 2.10 bits per heavy atom. The zero-order chi connectivity index (χ0) is 15.3. The van der Waals surface area contributed by atoms with E-state index in [0.29, 0.717) is 6.42 Å². The standard InChI is InChI=1S/C13H18FNO4S/c1-3-4-5-12(13(16)17)15-20(18,19)10-6-7-11(14)9(2)8-10/h6-8,12,15H,3-5H2,1-2H3,(H,16,17)/t12-/m0/s1. The van der Waals surface area contributed by atoms with Crippen molar-refractivity contribution < 1.29 is 22.7 Å². The Balaban J connectivity index is 2.97. The molecule has 0 radical (unpaired) electrons. The Morgan fingerprint density at radius 1 is 1.45 bits per heavy atom. The van der Waals surface area contributed by atoms with E-state index in [1.165, 1.54) is 13.0 Å². The van der Waals surface area contributed by atoms with Crippen LogP contribution < -0.4 is 4.72 Å². The second kappa shape index (κ2) is 6.81. The second-order valence-corrected chi connectivity index (χ2v) is 6.28. The topological polar surface area (TPSA) is 83.5 Å². The largest absolute Gasteiger partial charge is 0.480 e. The minimum absolute atomic E-state index is 0.140. The van der Waals surface area contributed by atoms with Crippen molar-refractivity contribution in [1.29, 1.82) is 0 Å². The van der Waals surface area contributed by atoms with E-state index < -0.39 is 27.9 Å². The molecule has 1 aromatic carbocycles. The molecule has 0 unspecified atom stereocenters. The third-order valence-corrected chi connectivity index (χ3v) is 4.35. The van der Waals surface area contributed by atoms with Crippen molar-refractivity contribution in [3.05, 3.63) is 29.6 Å². The number of carbonyl (C=O) groups is 1. The van der Waals surface area contributed by atoms with Crippen molar-refractivity contribution in [3.8, 4) is 0 Å². The van der Waals surface area contributed by atoms with Gasteiger partial charge < -0.3 is 5.11 Å². The molecular formula is C13H18FNO4S. The molecule has 5 nitrogen and oxygen atoms in total. The minimum atomic E-state index is -3.97. The summed E-state index contributed by atoms with van der Waals surface area (Å²) in [5.74, 6) is -1.73. The zero-order valence-electron chi connectivity index (χ0n) is 11.4. The smallest absolute Gasteiger partial charge is 0.321 e. The van der Waals surface area contributed by atoms with Crippen LogP contribution in [0.4, 0.5) is 4.39 Å². The van der Waals surface area contributed by atoms with Crippen LogP contribution in [0.25, 0.3) is 0 Å². The maximum Gasteiger partial charge on any atom is 0.321 e. The highest BCUT2D eigenvalue weighted by Crippen LogP contribution is 2.15. The Hall–Kier alpha value is -1.47. The van der Waals surface area contributed by atoms with Gasteiger partial charge in [0.05, 0.1) is 4.90 Å². The Labute approximate surface area is 117 Å². The average Bonchev–Trinajstić information content (AvgIpc) is 2.37. The van der Waals surface area contributed by atoms with Gasteiger partial charge in [0, 0.05) is 0 Å². The average molecular weight is 303 g/mol. The van der Waals surface area contributed by atoms with Crippen LogP contribution in [0.15, 0.2) is 23.1 Å². The van der Waals surface area contributed by atoms with Crippen molar-refractivity contribution in [3.63, 3.8) is 0 Å². The summed E-state index contributed by atoms with van der Waals surface area (Å²) in [7, 11) is -3.97. The SMILES string of the molecule is CCCC[C@H](NS(=O)(=O)c1ccc(F)c(C)c1)C(=O)O. The van der Waals surface area contributed by atoms with Crippen molar-refractivity contribution in [2.75, 3.05) is 0 Å². The highest BCUT2D eigenvalue weighted by atomic mass is 32.2. The molecule has 0 saturated heterocycles. The van der Waals surface area contributed by atoms with E-state index in [-0.39, 0.29) is 16.9 Å². The van der Waals surface area contributed by atoms with Crippen LogP contribution >= 0.6 is 0 Å². The van der Waals surface area contributed by atoms with Crippen molar-refractivity contribution in [2.45, 2.75) is 44.0 Å². The first-order valence-electron chi connectivity index (χ1n) is 6.29. The molecule has 112 valence electrons. The third kappa shape index (κ3) is 4.28. The number of benzene rings is 1. The lowest BCUT2D eigenvalue weighted by Crippen LogP contribution is -2.40. The second-order valence-electron chi connectivity index (χ2n) is 4.57. The van der Waals surface area contributed by atoms with Gasteiger partial charge in [-0.25, -0.2) is 12.8 Å². The van der Waals surface area contributed by atoms with Crippen LogP contribution in [-0.4, -0.2) is 25.5 Å². The number of hydrogen-bond donors (Lipinski definition) is 2. The van der Waals surface area contributed by atoms with E-state index in [4.69, 9.17) is 5.11 Å². The summed E-state index contributed by atoms with van der Waals surface area (Å²) in [4.78, 5) is 10.9. The van der Waals surface area contributed by atoms with E-state index in [9.17, 15) is 17.6 Å². The number of nitrogens with one attached hydrogen (secondary N) is 1. The van der Waals surface area contributed by atoms with Crippen LogP contribution in [0.2, 0.25) is 0 Å². The number of unbranched alkanes of at least 4 members (excludes halogenated alkanes) is 1. The maximum atomic E-state index is 13.1. The summed E-state index contributed by atoms with van der Waals surface area (Å²) in [6, 6.07) is 2.16. The van der Waals surface area contributed by atoms with Crippen molar-refractivity contribution in [1.82, 2.24) is 4.72 Å². The molecule has 0 aliphatic heterocycles. The molecule has 0 bridgehead atoms. The Bertz CT molecular complexity index is 586. The Kier molecular flexibility index (Phi) is 5.64. The fourth-order valence-corrected chi connectivity index (χ4v) is 2.99. The zero-order valence-corrected chi connectivity index (χ0v) is 12.2. The molecule has 0 aliphatic rings. The van der Waals surface area contributed by atoms with Gasteiger partial charge in [0.15, 0.2) is 0 Å². The number of hydrogen-bond acceptors (Lipinski definition) is 3. The summed E-state index contributed by atoms with van der Waals surface area (Å²) in [5.41, 5.74) is 0.188. The first kappa shape index (κ1) is 16.6. The van der Waals surface area contributed by atoms with Gasteiger partial charge in [0.2, 0.25) is 10.0 Å². The first-order chi connectivity index (χ1) is 9.27. The molecule has 1 rings (SSSR count). The molecule has 1 atom stereocenters. The van der Waals surface area contributed by atoms with Crippen LogP contribution in [0, 0.1) is 12.7 Å². The highest BCUT2D eigenvalue weighted by Gasteiger charge is 2.25. The molecule has 2 N–H and O–H groups in total. The van der Waals surface area contributed by atoms with Gasteiger partial charge in [-0.05, 0) is 37.1 Å². The molecule has 0 aliphatic carbocycles. The van der Waals surface area contributed by atoms with Crippen molar-refractivity contribution in [2.24, 2.45) is 0 Å². The summed E-state index contributed by atoms with van der Waals surface area (Å²) in [5, 5.41) is 9.02. The van der Waals surface area contributed by atoms with Gasteiger partial charge in [0.25, 0.3) is 0 Å². The quantitative estimate of drug-likeness (QED) is 0.807. The molecule has 0 saturated carbocycles. The monoisotopic (exact) mass is 303 g/mol. The Morgan fingerprint density at radius 3 is 2.60 bits per heavy atom. The lowest BCUT2D eigenvalue weighted by Gasteiger charge is -2.14. The van der Waals surface area contributed by atoms with Gasteiger partial charge in [0.1, 0.15) is 11.9 Å². The van der Waals surface area contributed by atoms with Crippen LogP contribution in [0.3, 0.4) is 0 Å². The number of carboxylic acids is 1. The minimum Gasteiger partial charge on any atom is -0.480 e. The molecular weight excluding hydrogens is 285 g/mol. The summed E-state index contributed by atoms with van der Waals surface area (Å²) < 4.78 is 39.4. The van der Waals surface area contributed by atoms with Crippen LogP contribution in [-0.2, 0) is 14.8 Å². The van der Waals surface area contributed by atoms with Gasteiger partial charge in [-0.1, -0.05) is 19.8 Å². The third-order valence-electron chi connectivity index (χ3n) is 2.88. The molecule has 0 fully saturated rings. The molecule has 1 aromatic rings. The van der Waals surface area contributed by atoms with E-state index >= 15 is 0 Å². The summed E-state index contributed by atoms with van der Waals surface area (Å²) in [6.45, 7) is 3.33. The lowest BCUT2D eigenvalue weighted by atomic mass is 10.1. The number of carboxylic acid groups (broad SMARTS) is 1. The van der Waals surface area contributed by atoms with E-state index in [2.05, 4.69) is 4.72 Å². The fourth-order valence-electron chi connectivity index (χ4n) is 1.68. The number of sulfonamides is 1. The van der Waals surface area contributed by atoms with E-state index in [1.54, 1.807) is 0 Å². The number of aryl methyl sites for hydroxylation is 1. The molecule has 0 aromatic heterocycles. The maximum absolute atomic E-state index is 13.1. The molecule has 0 heterocycles. The number of halogens is 1. The van der Waals surface area contributed by atoms with Gasteiger partial charge in [-0.3, -0.25) is 4.79 Å². The lowest BCUT2D eigenvalue weighted by molar-refractivity contribution is -0.139. The first-order valence-corrected chi connectivity index (χ1v) is 7.77. The van der Waals surface area contributed by atoms with Crippen LogP contribution in [0.1, 0.15) is 31.7 Å². The van der Waals surface area contributed by atoms with Gasteiger partial charge >= 0.3 is 5.97 Å². The highest BCUT2D eigenvalue weighted by molar-refractivity contribution is 7.89. The van der Waals surface area contributed by atoms with E-state index in [0.717, 1.165) is 18.6 Å². The molecule has 7 heteroatoms. The fraction of sp³-hybridized carbons (Fsp3) is 0.462. The molecule has 20 heavy (non-hydrogen) atoms. The summed E-state index contributed by atoms with van der Waals surface area (Å²) >= 11 is 0.